The van der Waals surface area contributed by atoms with Crippen LogP contribution in [0.1, 0.15) is 30.6 Å². The fraction of sp³-hybridized carbons (Fsp3) is 0.500. The summed E-state index contributed by atoms with van der Waals surface area (Å²) >= 11 is 0. The highest BCUT2D eigenvalue weighted by Gasteiger charge is 2.04. The van der Waals surface area contributed by atoms with Gasteiger partial charge in [-0.15, -0.1) is 0 Å². The Labute approximate surface area is 109 Å². The second kappa shape index (κ2) is 8.53. The van der Waals surface area contributed by atoms with E-state index in [2.05, 4.69) is 17.6 Å². The van der Waals surface area contributed by atoms with Gasteiger partial charge in [-0.25, -0.2) is 0 Å². The molecule has 18 heavy (non-hydrogen) atoms. The molecular weight excluding hydrogens is 228 g/mol. The van der Waals surface area contributed by atoms with E-state index >= 15 is 0 Å². The Morgan fingerprint density at radius 2 is 1.83 bits per heavy atom. The Kier molecular flexibility index (Phi) is 6.87. The van der Waals surface area contributed by atoms with Crippen molar-refractivity contribution < 1.29 is 9.53 Å². The Bertz CT molecular complexity index is 349. The van der Waals surface area contributed by atoms with Crippen LogP contribution >= 0.6 is 0 Å². The van der Waals surface area contributed by atoms with Crippen LogP contribution in [0, 0.1) is 0 Å². The van der Waals surface area contributed by atoms with Gasteiger partial charge in [-0.3, -0.25) is 4.79 Å². The maximum atomic E-state index is 11.8. The summed E-state index contributed by atoms with van der Waals surface area (Å²) in [6.45, 7) is 7.12. The molecule has 0 radical (unpaired) electrons. The van der Waals surface area contributed by atoms with E-state index < -0.39 is 0 Å². The molecule has 2 N–H and O–H groups in total. The zero-order valence-electron chi connectivity index (χ0n) is 11.2. The maximum Gasteiger partial charge on any atom is 0.251 e. The summed E-state index contributed by atoms with van der Waals surface area (Å²) < 4.78 is 5.32. The number of hydrogen-bond donors (Lipinski definition) is 2. The van der Waals surface area contributed by atoms with E-state index in [0.29, 0.717) is 18.7 Å². The Morgan fingerprint density at radius 1 is 1.11 bits per heavy atom. The van der Waals surface area contributed by atoms with Crippen molar-refractivity contribution in [1.29, 1.82) is 0 Å². The van der Waals surface area contributed by atoms with Gasteiger partial charge >= 0.3 is 0 Å². The lowest BCUT2D eigenvalue weighted by Gasteiger charge is -2.07. The number of nitrogens with one attached hydrogen (secondary N) is 2. The monoisotopic (exact) mass is 250 g/mol. The number of carbonyl (C=O) groups excluding carboxylic acids is 1. The number of hydrogen-bond acceptors (Lipinski definition) is 3. The van der Waals surface area contributed by atoms with Crippen LogP contribution in [0.3, 0.4) is 0 Å². The average molecular weight is 250 g/mol. The molecule has 1 amide bonds. The van der Waals surface area contributed by atoms with Crippen LogP contribution in [-0.4, -0.2) is 32.1 Å². The number of carbonyl (C=O) groups is 1. The lowest BCUT2D eigenvalue weighted by molar-refractivity contribution is 0.0954. The van der Waals surface area contributed by atoms with Gasteiger partial charge in [-0.05, 0) is 44.2 Å². The first-order valence-electron chi connectivity index (χ1n) is 6.49. The maximum absolute atomic E-state index is 11.8. The summed E-state index contributed by atoms with van der Waals surface area (Å²) in [5.74, 6) is 0.745. The molecule has 0 saturated heterocycles. The summed E-state index contributed by atoms with van der Waals surface area (Å²) in [6, 6.07) is 7.18. The van der Waals surface area contributed by atoms with Gasteiger partial charge in [0.2, 0.25) is 0 Å². The molecular formula is C14H22N2O2. The average Bonchev–Trinajstić information content (AvgIpc) is 2.39. The summed E-state index contributed by atoms with van der Waals surface area (Å²) in [6.07, 6.45) is 1.10. The number of ether oxygens (including phenoxy) is 1. The summed E-state index contributed by atoms with van der Waals surface area (Å²) in [5.41, 5.74) is 0.661. The number of amides is 1. The van der Waals surface area contributed by atoms with Crippen LogP contribution in [0.25, 0.3) is 0 Å². The Hall–Kier alpha value is -1.55. The van der Waals surface area contributed by atoms with Crippen molar-refractivity contribution in [2.45, 2.75) is 20.3 Å². The van der Waals surface area contributed by atoms with Gasteiger partial charge in [0, 0.05) is 18.7 Å². The predicted molar refractivity (Wildman–Crippen MR) is 73.1 cm³/mol. The topological polar surface area (TPSA) is 50.4 Å². The molecule has 4 heteroatoms. The molecule has 0 aromatic heterocycles. The summed E-state index contributed by atoms with van der Waals surface area (Å²) in [7, 11) is 0. The molecule has 0 aliphatic heterocycles. The van der Waals surface area contributed by atoms with E-state index in [4.69, 9.17) is 4.74 Å². The van der Waals surface area contributed by atoms with Crippen LogP contribution < -0.4 is 15.4 Å². The molecule has 0 bridgehead atoms. The molecule has 0 saturated carbocycles. The lowest BCUT2D eigenvalue weighted by atomic mass is 10.2. The van der Waals surface area contributed by atoms with Crippen LogP contribution in [0.2, 0.25) is 0 Å². The van der Waals surface area contributed by atoms with Crippen molar-refractivity contribution >= 4 is 5.91 Å². The zero-order valence-corrected chi connectivity index (χ0v) is 11.2. The fourth-order valence-corrected chi connectivity index (χ4v) is 1.54. The van der Waals surface area contributed by atoms with Crippen molar-refractivity contribution in [3.8, 4) is 5.75 Å². The lowest BCUT2D eigenvalue weighted by Crippen LogP contribution is -2.32. The SMILES string of the molecule is CCCNCCNC(=O)c1ccc(OCC)cc1. The van der Waals surface area contributed by atoms with E-state index in [1.54, 1.807) is 12.1 Å². The first-order valence-corrected chi connectivity index (χ1v) is 6.49. The van der Waals surface area contributed by atoms with Gasteiger partial charge in [0.05, 0.1) is 6.61 Å². The molecule has 0 unspecified atom stereocenters. The van der Waals surface area contributed by atoms with E-state index in [0.717, 1.165) is 25.3 Å². The minimum absolute atomic E-state index is 0.0450. The highest BCUT2D eigenvalue weighted by atomic mass is 16.5. The van der Waals surface area contributed by atoms with Gasteiger partial charge in [0.1, 0.15) is 5.75 Å². The molecule has 0 aliphatic rings. The minimum Gasteiger partial charge on any atom is -0.494 e. The molecule has 1 aromatic rings. The van der Waals surface area contributed by atoms with Crippen LogP contribution in [0.5, 0.6) is 5.75 Å². The largest absolute Gasteiger partial charge is 0.494 e. The van der Waals surface area contributed by atoms with Crippen molar-refractivity contribution in [2.75, 3.05) is 26.2 Å². The minimum atomic E-state index is -0.0450. The third-order valence-electron chi connectivity index (χ3n) is 2.44. The summed E-state index contributed by atoms with van der Waals surface area (Å²) in [4.78, 5) is 11.8. The van der Waals surface area contributed by atoms with Gasteiger partial charge in [0.25, 0.3) is 5.91 Å². The molecule has 0 fully saturated rings. The third-order valence-corrected chi connectivity index (χ3v) is 2.44. The van der Waals surface area contributed by atoms with E-state index in [-0.39, 0.29) is 5.91 Å². The highest BCUT2D eigenvalue weighted by molar-refractivity contribution is 5.94. The zero-order chi connectivity index (χ0) is 13.2. The van der Waals surface area contributed by atoms with Gasteiger partial charge in [-0.1, -0.05) is 6.92 Å². The normalized spacial score (nSPS) is 10.1. The Morgan fingerprint density at radius 3 is 2.44 bits per heavy atom. The molecule has 0 aliphatic carbocycles. The first kappa shape index (κ1) is 14.5. The predicted octanol–water partition coefficient (Wildman–Crippen LogP) is 1.81. The van der Waals surface area contributed by atoms with Gasteiger partial charge in [-0.2, -0.15) is 0 Å². The standard InChI is InChI=1S/C14H22N2O2/c1-3-9-15-10-11-16-14(17)12-5-7-13(8-6-12)18-4-2/h5-8,15H,3-4,9-11H2,1-2H3,(H,16,17). The van der Waals surface area contributed by atoms with Gasteiger partial charge in [0.15, 0.2) is 0 Å². The molecule has 4 nitrogen and oxygen atoms in total. The van der Waals surface area contributed by atoms with Crippen molar-refractivity contribution in [3.05, 3.63) is 29.8 Å². The molecule has 1 rings (SSSR count). The number of benzene rings is 1. The molecule has 100 valence electrons. The van der Waals surface area contributed by atoms with Gasteiger partial charge < -0.3 is 15.4 Å². The van der Waals surface area contributed by atoms with Crippen LogP contribution in [0.15, 0.2) is 24.3 Å². The third kappa shape index (κ3) is 5.19. The van der Waals surface area contributed by atoms with Crippen molar-refractivity contribution in [3.63, 3.8) is 0 Å². The molecule has 1 aromatic carbocycles. The fourth-order valence-electron chi connectivity index (χ4n) is 1.54. The van der Waals surface area contributed by atoms with E-state index in [1.807, 2.05) is 19.1 Å². The number of rotatable bonds is 8. The van der Waals surface area contributed by atoms with Crippen molar-refractivity contribution in [2.24, 2.45) is 0 Å². The molecule has 0 atom stereocenters. The van der Waals surface area contributed by atoms with Crippen molar-refractivity contribution in [1.82, 2.24) is 10.6 Å². The molecule has 0 heterocycles. The first-order chi connectivity index (χ1) is 8.77. The van der Waals surface area contributed by atoms with E-state index in [1.165, 1.54) is 0 Å². The quantitative estimate of drug-likeness (QED) is 0.692. The summed E-state index contributed by atoms with van der Waals surface area (Å²) in [5, 5.41) is 6.10. The second-order valence-corrected chi connectivity index (χ2v) is 3.96. The Balaban J connectivity index is 2.32. The second-order valence-electron chi connectivity index (χ2n) is 3.96. The smallest absolute Gasteiger partial charge is 0.251 e. The van der Waals surface area contributed by atoms with E-state index in [9.17, 15) is 4.79 Å². The molecule has 0 spiro atoms. The van der Waals surface area contributed by atoms with Crippen LogP contribution in [0.4, 0.5) is 0 Å². The highest BCUT2D eigenvalue weighted by Crippen LogP contribution is 2.11. The van der Waals surface area contributed by atoms with Crippen LogP contribution in [-0.2, 0) is 0 Å².